The van der Waals surface area contributed by atoms with E-state index in [9.17, 15) is 4.79 Å². The fourth-order valence-electron chi connectivity index (χ4n) is 0.687. The summed E-state index contributed by atoms with van der Waals surface area (Å²) >= 11 is 0. The molecule has 2 nitrogen and oxygen atoms in total. The Labute approximate surface area is 94.6 Å². The van der Waals surface area contributed by atoms with Crippen LogP contribution in [0.2, 0.25) is 0 Å². The Morgan fingerprint density at radius 2 is 1.67 bits per heavy atom. The smallest absolute Gasteiger partial charge is 0.164 e. The van der Waals surface area contributed by atoms with Crippen LogP contribution in [0.5, 0.6) is 0 Å². The number of Topliss-reactive ketones (excluding diaryl/α,β-unsaturated/α-hetero) is 1. The van der Waals surface area contributed by atoms with Crippen LogP contribution < -0.4 is 5.73 Å². The monoisotopic (exact) mass is 211 g/mol. The van der Waals surface area contributed by atoms with Gasteiger partial charge in [0.25, 0.3) is 0 Å². The van der Waals surface area contributed by atoms with Crippen LogP contribution in [0.15, 0.2) is 36.6 Å². The highest BCUT2D eigenvalue weighted by molar-refractivity contribution is 5.99. The molecular weight excluding hydrogens is 186 g/mol. The summed E-state index contributed by atoms with van der Waals surface area (Å²) in [5.74, 6) is -0.00241. The fourth-order valence-corrected chi connectivity index (χ4v) is 0.687. The molecule has 2 N–H and O–H groups in total. The highest BCUT2D eigenvalue weighted by atomic mass is 16.1. The molecule has 0 saturated heterocycles. The molecule has 0 spiro atoms. The maximum absolute atomic E-state index is 11.1. The van der Waals surface area contributed by atoms with Gasteiger partial charge in [-0.1, -0.05) is 53.9 Å². The summed E-state index contributed by atoms with van der Waals surface area (Å²) in [6, 6.07) is 0. The standard InChI is InChI=1S/C9H13NO.2C2H6/c1-4-6-8(7(3)10)9(11)5-2;2*1-2/h4,6H,1,3,5,10H2,2H3;2*1-2H3/b8-6+;;. The van der Waals surface area contributed by atoms with Gasteiger partial charge in [0.15, 0.2) is 5.78 Å². The van der Waals surface area contributed by atoms with Gasteiger partial charge in [-0.3, -0.25) is 4.79 Å². The van der Waals surface area contributed by atoms with Crippen molar-refractivity contribution in [2.75, 3.05) is 0 Å². The van der Waals surface area contributed by atoms with Crippen molar-refractivity contribution in [1.82, 2.24) is 0 Å². The Hall–Kier alpha value is -1.31. The number of rotatable bonds is 4. The Morgan fingerprint density at radius 3 is 1.87 bits per heavy atom. The van der Waals surface area contributed by atoms with Crippen LogP contribution in [-0.4, -0.2) is 5.78 Å². The van der Waals surface area contributed by atoms with E-state index in [0.29, 0.717) is 17.7 Å². The van der Waals surface area contributed by atoms with Crippen LogP contribution >= 0.6 is 0 Å². The van der Waals surface area contributed by atoms with E-state index in [0.717, 1.165) is 0 Å². The molecule has 0 rings (SSSR count). The van der Waals surface area contributed by atoms with E-state index < -0.39 is 0 Å². The third-order valence-corrected chi connectivity index (χ3v) is 1.25. The molecule has 0 aromatic rings. The van der Waals surface area contributed by atoms with Gasteiger partial charge >= 0.3 is 0 Å². The average Bonchev–Trinajstić information content (AvgIpc) is 2.30. The minimum atomic E-state index is -0.00241. The number of hydrogen-bond acceptors (Lipinski definition) is 2. The molecule has 0 atom stereocenters. The molecule has 0 aliphatic carbocycles. The van der Waals surface area contributed by atoms with Crippen molar-refractivity contribution in [3.8, 4) is 0 Å². The van der Waals surface area contributed by atoms with Crippen LogP contribution in [0.4, 0.5) is 0 Å². The third-order valence-electron chi connectivity index (χ3n) is 1.25. The first-order valence-corrected chi connectivity index (χ1v) is 5.44. The molecule has 0 aliphatic heterocycles. The minimum Gasteiger partial charge on any atom is -0.399 e. The fraction of sp³-hybridized carbons (Fsp3) is 0.462. The van der Waals surface area contributed by atoms with Crippen molar-refractivity contribution >= 4 is 5.78 Å². The summed E-state index contributed by atoms with van der Waals surface area (Å²) in [5, 5.41) is 0. The zero-order valence-corrected chi connectivity index (χ0v) is 10.8. The van der Waals surface area contributed by atoms with E-state index in [1.165, 1.54) is 6.08 Å². The number of carbonyl (C=O) groups excluding carboxylic acids is 1. The molecule has 0 aliphatic rings. The van der Waals surface area contributed by atoms with Crippen molar-refractivity contribution in [1.29, 1.82) is 0 Å². The first-order valence-electron chi connectivity index (χ1n) is 5.44. The Balaban J connectivity index is -0.000000318. The predicted octanol–water partition coefficient (Wildman–Crippen LogP) is 3.60. The van der Waals surface area contributed by atoms with Gasteiger partial charge in [0.2, 0.25) is 0 Å². The Kier molecular flexibility index (Phi) is 19.5. The second-order valence-electron chi connectivity index (χ2n) is 2.12. The van der Waals surface area contributed by atoms with Crippen molar-refractivity contribution in [2.45, 2.75) is 41.0 Å². The first kappa shape index (κ1) is 19.3. The van der Waals surface area contributed by atoms with Crippen LogP contribution in [0, 0.1) is 0 Å². The van der Waals surface area contributed by atoms with Crippen LogP contribution in [0.25, 0.3) is 0 Å². The molecule has 0 fully saturated rings. The number of ketones is 1. The second-order valence-corrected chi connectivity index (χ2v) is 2.12. The lowest BCUT2D eigenvalue weighted by Crippen LogP contribution is -2.08. The van der Waals surface area contributed by atoms with Gasteiger partial charge < -0.3 is 5.73 Å². The van der Waals surface area contributed by atoms with E-state index in [1.807, 2.05) is 27.7 Å². The summed E-state index contributed by atoms with van der Waals surface area (Å²) < 4.78 is 0. The van der Waals surface area contributed by atoms with Crippen molar-refractivity contribution in [2.24, 2.45) is 5.73 Å². The van der Waals surface area contributed by atoms with Gasteiger partial charge in [-0.25, -0.2) is 0 Å². The molecule has 0 aromatic heterocycles. The van der Waals surface area contributed by atoms with Crippen LogP contribution in [-0.2, 0) is 4.79 Å². The van der Waals surface area contributed by atoms with Gasteiger partial charge in [-0.2, -0.15) is 0 Å². The molecule has 0 aromatic carbocycles. The molecule has 0 unspecified atom stereocenters. The maximum atomic E-state index is 11.1. The summed E-state index contributed by atoms with van der Waals surface area (Å²) in [7, 11) is 0. The maximum Gasteiger partial charge on any atom is 0.164 e. The lowest BCUT2D eigenvalue weighted by molar-refractivity contribution is -0.115. The molecule has 0 heterocycles. The van der Waals surface area contributed by atoms with Gasteiger partial charge in [0, 0.05) is 17.7 Å². The van der Waals surface area contributed by atoms with E-state index in [4.69, 9.17) is 5.73 Å². The normalized spacial score (nSPS) is 8.73. The van der Waals surface area contributed by atoms with Gasteiger partial charge in [0.1, 0.15) is 0 Å². The number of hydrogen-bond donors (Lipinski definition) is 1. The number of carbonyl (C=O) groups is 1. The zero-order chi connectivity index (χ0) is 12.9. The topological polar surface area (TPSA) is 43.1 Å². The lowest BCUT2D eigenvalue weighted by atomic mass is 10.1. The van der Waals surface area contributed by atoms with E-state index >= 15 is 0 Å². The molecule has 0 radical (unpaired) electrons. The summed E-state index contributed by atoms with van der Waals surface area (Å²) in [6.07, 6.45) is 3.55. The molecule has 2 heteroatoms. The zero-order valence-electron chi connectivity index (χ0n) is 10.8. The summed E-state index contributed by atoms with van der Waals surface area (Å²) in [6.45, 7) is 16.7. The third kappa shape index (κ3) is 10.6. The minimum absolute atomic E-state index is 0.00241. The van der Waals surface area contributed by atoms with E-state index in [-0.39, 0.29) is 5.78 Å². The molecule has 0 amide bonds. The molecule has 88 valence electrons. The predicted molar refractivity (Wildman–Crippen MR) is 69.6 cm³/mol. The van der Waals surface area contributed by atoms with Crippen LogP contribution in [0.1, 0.15) is 41.0 Å². The summed E-state index contributed by atoms with van der Waals surface area (Å²) in [4.78, 5) is 11.1. The second kappa shape index (κ2) is 15.2. The van der Waals surface area contributed by atoms with Gasteiger partial charge in [-0.05, 0) is 6.08 Å². The Morgan fingerprint density at radius 1 is 1.27 bits per heavy atom. The van der Waals surface area contributed by atoms with Gasteiger partial charge in [-0.15, -0.1) is 0 Å². The first-order chi connectivity index (χ1) is 7.13. The molecule has 0 bridgehead atoms. The van der Waals surface area contributed by atoms with E-state index in [1.54, 1.807) is 13.0 Å². The number of nitrogens with two attached hydrogens (primary N) is 1. The highest BCUT2D eigenvalue weighted by Gasteiger charge is 2.06. The largest absolute Gasteiger partial charge is 0.399 e. The van der Waals surface area contributed by atoms with E-state index in [2.05, 4.69) is 13.2 Å². The SMILES string of the molecule is C=C/C=C(\C(=C)N)C(=O)CC.CC.CC. The summed E-state index contributed by atoms with van der Waals surface area (Å²) in [5.41, 5.74) is 6.13. The Bertz CT molecular complexity index is 215. The van der Waals surface area contributed by atoms with Crippen LogP contribution in [0.3, 0.4) is 0 Å². The lowest BCUT2D eigenvalue weighted by Gasteiger charge is -2.01. The van der Waals surface area contributed by atoms with Crippen molar-refractivity contribution in [3.05, 3.63) is 36.6 Å². The van der Waals surface area contributed by atoms with Gasteiger partial charge in [0.05, 0.1) is 0 Å². The van der Waals surface area contributed by atoms with Crippen molar-refractivity contribution < 1.29 is 4.79 Å². The highest BCUT2D eigenvalue weighted by Crippen LogP contribution is 2.05. The van der Waals surface area contributed by atoms with Crippen molar-refractivity contribution in [3.63, 3.8) is 0 Å². The molecule has 0 saturated carbocycles. The quantitative estimate of drug-likeness (QED) is 0.570. The molecular formula is C13H25NO. The molecule has 15 heavy (non-hydrogen) atoms. The average molecular weight is 211 g/mol. The number of allylic oxidation sites excluding steroid dienone is 3.